The van der Waals surface area contributed by atoms with Gasteiger partial charge >= 0.3 is 5.97 Å². The Hall–Kier alpha value is -2.31. The second-order valence-corrected chi connectivity index (χ2v) is 3.30. The molecule has 1 heterocycles. The molecule has 6 nitrogen and oxygen atoms in total. The Bertz CT molecular complexity index is 567. The van der Waals surface area contributed by atoms with Gasteiger partial charge in [0, 0.05) is 6.42 Å². The zero-order chi connectivity index (χ0) is 12.4. The van der Waals surface area contributed by atoms with Gasteiger partial charge < -0.3 is 5.11 Å². The third-order valence-electron chi connectivity index (χ3n) is 2.28. The first-order chi connectivity index (χ1) is 8.15. The number of carboxylic acid groups (broad SMARTS) is 1. The molecule has 0 atom stereocenters. The van der Waals surface area contributed by atoms with E-state index in [4.69, 9.17) is 5.11 Å². The lowest BCUT2D eigenvalue weighted by atomic mass is 10.1. The number of tetrazole rings is 1. The average molecular weight is 236 g/mol. The van der Waals surface area contributed by atoms with Crippen molar-refractivity contribution in [1.82, 2.24) is 20.2 Å². The van der Waals surface area contributed by atoms with E-state index in [1.807, 2.05) is 0 Å². The van der Waals surface area contributed by atoms with Crippen LogP contribution in [-0.4, -0.2) is 31.3 Å². The number of nitrogens with zero attached hydrogens (tertiary/aromatic N) is 4. The highest BCUT2D eigenvalue weighted by molar-refractivity contribution is 5.92. The standard InChI is InChI=1S/C10H9FN4O2/c1-2-8-12-13-14-15(8)9-6(10(16)17)4-3-5-7(9)11/h3-5H,2H2,1H3,(H,16,17). The van der Waals surface area contributed by atoms with Gasteiger partial charge in [0.2, 0.25) is 0 Å². The number of para-hydroxylation sites is 1. The fraction of sp³-hybridized carbons (Fsp3) is 0.200. The van der Waals surface area contributed by atoms with Crippen LogP contribution in [0.1, 0.15) is 23.1 Å². The maximum Gasteiger partial charge on any atom is 0.338 e. The lowest BCUT2D eigenvalue weighted by molar-refractivity contribution is 0.0696. The van der Waals surface area contributed by atoms with Crippen molar-refractivity contribution in [3.8, 4) is 5.69 Å². The number of hydrogen-bond donors (Lipinski definition) is 1. The molecule has 0 aliphatic carbocycles. The van der Waals surface area contributed by atoms with Crippen LogP contribution in [0.3, 0.4) is 0 Å². The van der Waals surface area contributed by atoms with Crippen molar-refractivity contribution in [3.05, 3.63) is 35.4 Å². The number of benzene rings is 1. The van der Waals surface area contributed by atoms with Gasteiger partial charge in [0.05, 0.1) is 5.56 Å². The van der Waals surface area contributed by atoms with Gasteiger partial charge in [-0.2, -0.15) is 4.68 Å². The van der Waals surface area contributed by atoms with E-state index in [2.05, 4.69) is 15.5 Å². The molecule has 1 aromatic heterocycles. The minimum Gasteiger partial charge on any atom is -0.478 e. The van der Waals surface area contributed by atoms with E-state index < -0.39 is 11.8 Å². The van der Waals surface area contributed by atoms with Crippen molar-refractivity contribution in [3.63, 3.8) is 0 Å². The van der Waals surface area contributed by atoms with Crippen molar-refractivity contribution < 1.29 is 14.3 Å². The lowest BCUT2D eigenvalue weighted by Gasteiger charge is -2.07. The Kier molecular flexibility index (Phi) is 2.82. The van der Waals surface area contributed by atoms with E-state index in [0.29, 0.717) is 12.2 Å². The van der Waals surface area contributed by atoms with Crippen LogP contribution >= 0.6 is 0 Å². The Morgan fingerprint density at radius 2 is 2.29 bits per heavy atom. The van der Waals surface area contributed by atoms with Crippen LogP contribution in [0.25, 0.3) is 5.69 Å². The van der Waals surface area contributed by atoms with Gasteiger partial charge in [0.15, 0.2) is 5.82 Å². The molecule has 2 aromatic rings. The van der Waals surface area contributed by atoms with Crippen LogP contribution in [0.15, 0.2) is 18.2 Å². The summed E-state index contributed by atoms with van der Waals surface area (Å²) in [5.41, 5.74) is -0.311. The number of aromatic carboxylic acids is 1. The van der Waals surface area contributed by atoms with Crippen LogP contribution in [0.5, 0.6) is 0 Å². The molecule has 1 N–H and O–H groups in total. The number of aromatic nitrogens is 4. The van der Waals surface area contributed by atoms with Gasteiger partial charge in [-0.05, 0) is 22.6 Å². The zero-order valence-corrected chi connectivity index (χ0v) is 8.96. The van der Waals surface area contributed by atoms with Gasteiger partial charge in [0.1, 0.15) is 11.5 Å². The molecule has 1 aromatic carbocycles. The molecule has 88 valence electrons. The van der Waals surface area contributed by atoms with Crippen LogP contribution < -0.4 is 0 Å². The van der Waals surface area contributed by atoms with Gasteiger partial charge in [-0.15, -0.1) is 5.10 Å². The summed E-state index contributed by atoms with van der Waals surface area (Å²) in [5, 5.41) is 19.7. The number of hydrogen-bond acceptors (Lipinski definition) is 4. The third kappa shape index (κ3) is 1.86. The van der Waals surface area contributed by atoms with Crippen LogP contribution in [0.4, 0.5) is 4.39 Å². The van der Waals surface area contributed by atoms with E-state index in [1.54, 1.807) is 6.92 Å². The van der Waals surface area contributed by atoms with E-state index in [1.165, 1.54) is 18.2 Å². The summed E-state index contributed by atoms with van der Waals surface area (Å²) >= 11 is 0. The average Bonchev–Trinajstić information content (AvgIpc) is 2.76. The summed E-state index contributed by atoms with van der Waals surface area (Å²) in [4.78, 5) is 11.0. The molecule has 2 rings (SSSR count). The minimum atomic E-state index is -1.22. The lowest BCUT2D eigenvalue weighted by Crippen LogP contribution is -2.11. The fourth-order valence-electron chi connectivity index (χ4n) is 1.50. The molecule has 0 bridgehead atoms. The highest BCUT2D eigenvalue weighted by Crippen LogP contribution is 2.19. The first-order valence-electron chi connectivity index (χ1n) is 4.94. The SMILES string of the molecule is CCc1nnnn1-c1c(F)cccc1C(=O)O. The molecule has 7 heteroatoms. The second-order valence-electron chi connectivity index (χ2n) is 3.30. The molecule has 17 heavy (non-hydrogen) atoms. The Morgan fingerprint density at radius 3 is 2.94 bits per heavy atom. The van der Waals surface area contributed by atoms with Crippen molar-refractivity contribution >= 4 is 5.97 Å². The van der Waals surface area contributed by atoms with Crippen molar-refractivity contribution in [2.75, 3.05) is 0 Å². The van der Waals surface area contributed by atoms with Gasteiger partial charge in [0.25, 0.3) is 0 Å². The molecule has 0 saturated heterocycles. The minimum absolute atomic E-state index is 0.137. The molecular weight excluding hydrogens is 227 g/mol. The topological polar surface area (TPSA) is 80.9 Å². The van der Waals surface area contributed by atoms with Gasteiger partial charge in [-0.1, -0.05) is 13.0 Å². The molecular formula is C10H9FN4O2. The molecule has 0 spiro atoms. The van der Waals surface area contributed by atoms with Crippen LogP contribution in [0.2, 0.25) is 0 Å². The molecule has 0 aliphatic heterocycles. The maximum absolute atomic E-state index is 13.7. The third-order valence-corrected chi connectivity index (χ3v) is 2.28. The first kappa shape index (κ1) is 11.2. The number of rotatable bonds is 3. The molecule has 0 aliphatic rings. The largest absolute Gasteiger partial charge is 0.478 e. The highest BCUT2D eigenvalue weighted by Gasteiger charge is 2.19. The van der Waals surface area contributed by atoms with E-state index in [0.717, 1.165) is 4.68 Å². The summed E-state index contributed by atoms with van der Waals surface area (Å²) in [6.07, 6.45) is 0.473. The first-order valence-corrected chi connectivity index (χ1v) is 4.94. The highest BCUT2D eigenvalue weighted by atomic mass is 19.1. The maximum atomic E-state index is 13.7. The Labute approximate surface area is 95.7 Å². The number of carbonyl (C=O) groups is 1. The van der Waals surface area contributed by atoms with E-state index >= 15 is 0 Å². The predicted octanol–water partition coefficient (Wildman–Crippen LogP) is 1.06. The molecule has 0 fully saturated rings. The fourth-order valence-corrected chi connectivity index (χ4v) is 1.50. The Morgan fingerprint density at radius 1 is 1.53 bits per heavy atom. The summed E-state index contributed by atoms with van der Waals surface area (Å²) < 4.78 is 14.8. The van der Waals surface area contributed by atoms with Gasteiger partial charge in [-0.25, -0.2) is 9.18 Å². The Balaban J connectivity index is 2.70. The quantitative estimate of drug-likeness (QED) is 0.861. The molecule has 0 unspecified atom stereocenters. The van der Waals surface area contributed by atoms with Crippen LogP contribution in [-0.2, 0) is 6.42 Å². The van der Waals surface area contributed by atoms with E-state index in [9.17, 15) is 9.18 Å². The monoisotopic (exact) mass is 236 g/mol. The number of carboxylic acids is 1. The molecule has 0 amide bonds. The summed E-state index contributed by atoms with van der Waals surface area (Å²) in [6.45, 7) is 1.80. The number of aryl methyl sites for hydroxylation is 1. The summed E-state index contributed by atoms with van der Waals surface area (Å²) in [6, 6.07) is 3.81. The normalized spacial score (nSPS) is 10.5. The van der Waals surface area contributed by atoms with Crippen LogP contribution in [0, 0.1) is 5.82 Å². The predicted molar refractivity (Wildman–Crippen MR) is 55.4 cm³/mol. The molecule has 0 radical (unpaired) electrons. The second kappa shape index (κ2) is 4.28. The van der Waals surface area contributed by atoms with Crippen molar-refractivity contribution in [2.45, 2.75) is 13.3 Å². The van der Waals surface area contributed by atoms with Gasteiger partial charge in [-0.3, -0.25) is 0 Å². The van der Waals surface area contributed by atoms with Crippen molar-refractivity contribution in [2.24, 2.45) is 0 Å². The smallest absolute Gasteiger partial charge is 0.338 e. The zero-order valence-electron chi connectivity index (χ0n) is 8.96. The van der Waals surface area contributed by atoms with E-state index in [-0.39, 0.29) is 11.3 Å². The summed E-state index contributed by atoms with van der Waals surface area (Å²) in [5.74, 6) is -1.50. The molecule has 0 saturated carbocycles. The summed E-state index contributed by atoms with van der Waals surface area (Å²) in [7, 11) is 0. The number of halogens is 1. The van der Waals surface area contributed by atoms with Crippen molar-refractivity contribution in [1.29, 1.82) is 0 Å².